The van der Waals surface area contributed by atoms with Crippen LogP contribution in [-0.4, -0.2) is 37.7 Å². The Bertz CT molecular complexity index is 285. The van der Waals surface area contributed by atoms with Crippen LogP contribution in [0.1, 0.15) is 19.8 Å². The molecule has 0 aliphatic rings. The summed E-state index contributed by atoms with van der Waals surface area (Å²) in [6.07, 6.45) is -0.182. The first-order chi connectivity index (χ1) is 7.99. The van der Waals surface area contributed by atoms with Crippen LogP contribution in [0.4, 0.5) is 4.79 Å². The van der Waals surface area contributed by atoms with Gasteiger partial charge in [0.1, 0.15) is 0 Å². The number of hydrogen-bond donors (Lipinski definition) is 2. The van der Waals surface area contributed by atoms with E-state index in [2.05, 4.69) is 13.3 Å². The Kier molecular flexibility index (Phi) is 8.96. The molecule has 0 bridgehead atoms. The molecule has 0 fully saturated rings. The molecule has 2 N–H and O–H groups in total. The fourth-order valence-electron chi connectivity index (χ4n) is 0.841. The van der Waals surface area contributed by atoms with Crippen molar-refractivity contribution in [3.8, 4) is 0 Å². The van der Waals surface area contributed by atoms with E-state index in [0.717, 1.165) is 0 Å². The third kappa shape index (κ3) is 9.05. The van der Waals surface area contributed by atoms with E-state index >= 15 is 0 Å². The quantitative estimate of drug-likeness (QED) is 0.560. The molecular weight excluding hydrogens is 417 g/mol. The Morgan fingerprint density at radius 3 is 2.47 bits per heavy atom. The van der Waals surface area contributed by atoms with Gasteiger partial charge in [0.2, 0.25) is 0 Å². The molecule has 93 valence electrons. The molecule has 0 rings (SSSR count). The molecule has 17 heavy (non-hydrogen) atoms. The van der Waals surface area contributed by atoms with Gasteiger partial charge in [-0.15, -0.1) is 0 Å². The van der Waals surface area contributed by atoms with E-state index in [1.807, 2.05) is 0 Å². The maximum absolute atomic E-state index is 11.2. The molecule has 0 aliphatic carbocycles. The summed E-state index contributed by atoms with van der Waals surface area (Å²) in [4.78, 5) is 33.2. The summed E-state index contributed by atoms with van der Waals surface area (Å²) in [5, 5.41) is 4.57. The van der Waals surface area contributed by atoms with E-state index in [0.29, 0.717) is 6.54 Å². The zero-order chi connectivity index (χ0) is 13.3. The minimum atomic E-state index is -0.595. The number of carbonyl (C=O) groups excluding carboxylic acids is 3. The minimum absolute atomic E-state index is 0.00289. The molecule has 1 unspecified atom stereocenters. The van der Waals surface area contributed by atoms with Gasteiger partial charge >= 0.3 is 116 Å². The third-order valence-electron chi connectivity index (χ3n) is 1.92. The van der Waals surface area contributed by atoms with E-state index in [9.17, 15) is 14.4 Å². The fraction of sp³-hybridized carbons (Fsp3) is 0.667. The molecular formula is C9H15HgN2O5. The van der Waals surface area contributed by atoms with Crippen LogP contribution in [0, 0.1) is 0 Å². The van der Waals surface area contributed by atoms with Crippen LogP contribution >= 0.6 is 0 Å². The van der Waals surface area contributed by atoms with Crippen LogP contribution in [0.5, 0.6) is 0 Å². The normalized spacial score (nSPS) is 11.5. The average molecular weight is 432 g/mol. The van der Waals surface area contributed by atoms with E-state index in [-0.39, 0.29) is 45.5 Å². The molecule has 0 aromatic heterocycles. The predicted molar refractivity (Wildman–Crippen MR) is 53.3 cm³/mol. The summed E-state index contributed by atoms with van der Waals surface area (Å²) in [7, 11) is 1.52. The van der Waals surface area contributed by atoms with Gasteiger partial charge in [0, 0.05) is 0 Å². The molecule has 3 amide bonds. The van der Waals surface area contributed by atoms with Crippen molar-refractivity contribution in [2.24, 2.45) is 0 Å². The number of nitrogens with one attached hydrogen (secondary N) is 2. The summed E-state index contributed by atoms with van der Waals surface area (Å²) >= 11 is -0.0661. The van der Waals surface area contributed by atoms with Crippen molar-refractivity contribution in [1.29, 1.82) is 0 Å². The Balaban J connectivity index is 3.73. The number of rotatable bonds is 6. The van der Waals surface area contributed by atoms with Crippen molar-refractivity contribution in [2.75, 3.05) is 13.7 Å². The predicted octanol–water partition coefficient (Wildman–Crippen LogP) is -0.368. The van der Waals surface area contributed by atoms with E-state index < -0.39 is 17.9 Å². The molecule has 7 nitrogen and oxygen atoms in total. The van der Waals surface area contributed by atoms with Gasteiger partial charge in [-0.1, -0.05) is 0 Å². The second-order valence-electron chi connectivity index (χ2n) is 3.32. The fourth-order valence-corrected chi connectivity index (χ4v) is 1.40. The number of methoxy groups -OCH3 is 1. The van der Waals surface area contributed by atoms with Crippen LogP contribution < -0.4 is 10.6 Å². The van der Waals surface area contributed by atoms with Gasteiger partial charge in [-0.2, -0.15) is 0 Å². The zero-order valence-corrected chi connectivity index (χ0v) is 15.4. The molecule has 8 heteroatoms. The van der Waals surface area contributed by atoms with Gasteiger partial charge < -0.3 is 0 Å². The van der Waals surface area contributed by atoms with Crippen molar-refractivity contribution >= 4 is 17.9 Å². The second-order valence-corrected chi connectivity index (χ2v) is 4.44. The monoisotopic (exact) mass is 433 g/mol. The van der Waals surface area contributed by atoms with Crippen molar-refractivity contribution in [3.63, 3.8) is 0 Å². The maximum atomic E-state index is 11.2. The Morgan fingerprint density at radius 2 is 1.94 bits per heavy atom. The van der Waals surface area contributed by atoms with E-state index in [4.69, 9.17) is 4.74 Å². The molecule has 0 aromatic carbocycles. The van der Waals surface area contributed by atoms with Gasteiger partial charge in [-0.25, -0.2) is 0 Å². The Labute approximate surface area is 116 Å². The van der Waals surface area contributed by atoms with Crippen molar-refractivity contribution < 1.29 is 48.3 Å². The third-order valence-corrected chi connectivity index (χ3v) is 3.17. The van der Waals surface area contributed by atoms with Gasteiger partial charge in [-0.05, 0) is 0 Å². The number of imide groups is 1. The second kappa shape index (κ2) is 9.35. The van der Waals surface area contributed by atoms with E-state index in [1.54, 1.807) is 6.92 Å². The van der Waals surface area contributed by atoms with Crippen molar-refractivity contribution in [2.45, 2.75) is 25.9 Å². The molecule has 0 saturated carbocycles. The topological polar surface area (TPSA) is 93.7 Å². The standard InChI is InChI=1S/C9H16N2O5.Hg/c1-6(16-2)5-10-9(15)11-7(12)3-4-8(13)14;/h6H,3-5H2,1-2H3,(H,13,14)(H2,10,11,12,15);/q;+1/p-1. The molecule has 0 radical (unpaired) electrons. The van der Waals surface area contributed by atoms with Gasteiger partial charge in [0.15, 0.2) is 0 Å². The summed E-state index contributed by atoms with van der Waals surface area (Å²) < 4.78 is 9.47. The first-order valence-corrected chi connectivity index (χ1v) is 7.29. The zero-order valence-electron chi connectivity index (χ0n) is 9.95. The number of ether oxygens (including phenoxy) is 1. The van der Waals surface area contributed by atoms with Crippen LogP contribution in [0.2, 0.25) is 0 Å². The van der Waals surface area contributed by atoms with Crippen molar-refractivity contribution in [1.82, 2.24) is 10.6 Å². The Morgan fingerprint density at radius 1 is 1.29 bits per heavy atom. The first kappa shape index (κ1) is 16.3. The average Bonchev–Trinajstić information content (AvgIpc) is 2.32. The molecule has 0 saturated heterocycles. The molecule has 0 aliphatic heterocycles. The Hall–Kier alpha value is -0.695. The molecule has 0 heterocycles. The first-order valence-electron chi connectivity index (χ1n) is 5.05. The SMILES string of the molecule is COC(C)CNC(=O)NC(=O)CCC(=O)[O][Hg]. The molecule has 1 atom stereocenters. The summed E-state index contributed by atoms with van der Waals surface area (Å²) in [5.74, 6) is -0.914. The number of amides is 3. The summed E-state index contributed by atoms with van der Waals surface area (Å²) in [5.41, 5.74) is 0. The van der Waals surface area contributed by atoms with Crippen molar-refractivity contribution in [3.05, 3.63) is 0 Å². The van der Waals surface area contributed by atoms with Crippen LogP contribution in [0.3, 0.4) is 0 Å². The van der Waals surface area contributed by atoms with Gasteiger partial charge in [0.05, 0.1) is 0 Å². The van der Waals surface area contributed by atoms with Crippen LogP contribution in [0.15, 0.2) is 0 Å². The van der Waals surface area contributed by atoms with Crippen LogP contribution in [-0.2, 0) is 43.5 Å². The summed E-state index contributed by atoms with van der Waals surface area (Å²) in [6, 6.07) is -0.595. The number of hydrogen-bond acceptors (Lipinski definition) is 5. The number of urea groups is 1. The van der Waals surface area contributed by atoms with Crippen LogP contribution in [0.25, 0.3) is 0 Å². The summed E-state index contributed by atoms with van der Waals surface area (Å²) in [6.45, 7) is 2.09. The number of carbonyl (C=O) groups is 3. The van der Waals surface area contributed by atoms with Gasteiger partial charge in [0.25, 0.3) is 0 Å². The van der Waals surface area contributed by atoms with E-state index in [1.165, 1.54) is 7.11 Å². The van der Waals surface area contributed by atoms with Gasteiger partial charge in [-0.3, -0.25) is 0 Å². The molecule has 0 spiro atoms. The molecule has 0 aromatic rings.